The van der Waals surface area contributed by atoms with Gasteiger partial charge in [0.15, 0.2) is 17.7 Å². The van der Waals surface area contributed by atoms with Crippen LogP contribution in [0.15, 0.2) is 42.5 Å². The van der Waals surface area contributed by atoms with Crippen molar-refractivity contribution in [1.82, 2.24) is 10.9 Å². The molecular weight excluding hydrogens is 369 g/mol. The first kappa shape index (κ1) is 19.1. The zero-order valence-electron chi connectivity index (χ0n) is 13.4. The van der Waals surface area contributed by atoms with Gasteiger partial charge in [0, 0.05) is 11.1 Å². The molecule has 0 spiro atoms. The lowest BCUT2D eigenvalue weighted by Crippen LogP contribution is -2.47. The zero-order valence-corrected chi connectivity index (χ0v) is 14.1. The number of carbonyl (C=O) groups is 2. The summed E-state index contributed by atoms with van der Waals surface area (Å²) < 4.78 is 18.7. The Morgan fingerprint density at radius 2 is 1.92 bits per heavy atom. The zero-order chi connectivity index (χ0) is 19.3. The molecule has 26 heavy (non-hydrogen) atoms. The van der Waals surface area contributed by atoms with Gasteiger partial charge in [-0.1, -0.05) is 23.7 Å². The third-order valence-electron chi connectivity index (χ3n) is 3.21. The van der Waals surface area contributed by atoms with Gasteiger partial charge in [-0.15, -0.1) is 0 Å². The summed E-state index contributed by atoms with van der Waals surface area (Å²) in [6.45, 7) is 1.35. The van der Waals surface area contributed by atoms with E-state index in [0.717, 1.165) is 12.1 Å². The molecule has 2 amide bonds. The molecule has 0 unspecified atom stereocenters. The van der Waals surface area contributed by atoms with Gasteiger partial charge in [0.1, 0.15) is 5.56 Å². The summed E-state index contributed by atoms with van der Waals surface area (Å²) in [5.41, 5.74) is 3.29. The first-order valence-corrected chi connectivity index (χ1v) is 7.62. The Bertz CT molecular complexity index is 862. The van der Waals surface area contributed by atoms with Crippen LogP contribution < -0.4 is 15.6 Å². The summed E-state index contributed by atoms with van der Waals surface area (Å²) >= 11 is 5.67. The van der Waals surface area contributed by atoms with E-state index in [1.54, 1.807) is 0 Å². The molecule has 0 heterocycles. The van der Waals surface area contributed by atoms with Crippen molar-refractivity contribution in [1.29, 1.82) is 0 Å². The van der Waals surface area contributed by atoms with E-state index in [9.17, 15) is 24.1 Å². The van der Waals surface area contributed by atoms with Crippen LogP contribution in [0.2, 0.25) is 5.02 Å². The van der Waals surface area contributed by atoms with Gasteiger partial charge in [-0.05, 0) is 31.2 Å². The number of ether oxygens (including phenoxy) is 1. The quantitative estimate of drug-likeness (QED) is 0.611. The Labute approximate surface area is 152 Å². The second-order valence-electron chi connectivity index (χ2n) is 5.05. The van der Waals surface area contributed by atoms with Crippen LogP contribution in [0.3, 0.4) is 0 Å². The molecule has 8 nitrogen and oxygen atoms in total. The molecule has 2 aromatic rings. The highest BCUT2D eigenvalue weighted by Gasteiger charge is 2.22. The molecule has 2 rings (SSSR count). The minimum absolute atomic E-state index is 0.0872. The number of benzene rings is 2. The van der Waals surface area contributed by atoms with Gasteiger partial charge >= 0.3 is 0 Å². The van der Waals surface area contributed by atoms with Gasteiger partial charge in [-0.25, -0.2) is 4.39 Å². The monoisotopic (exact) mass is 381 g/mol. The van der Waals surface area contributed by atoms with Crippen LogP contribution in [-0.2, 0) is 4.79 Å². The molecule has 0 aliphatic rings. The van der Waals surface area contributed by atoms with E-state index in [1.165, 1.54) is 37.3 Å². The summed E-state index contributed by atoms with van der Waals surface area (Å²) in [6, 6.07) is 8.98. The number of hydrogen-bond donors (Lipinski definition) is 2. The van der Waals surface area contributed by atoms with Crippen molar-refractivity contribution in [3.05, 3.63) is 69.0 Å². The number of nitro groups is 1. The first-order valence-electron chi connectivity index (χ1n) is 7.25. The van der Waals surface area contributed by atoms with Crippen molar-refractivity contribution >= 4 is 29.1 Å². The SMILES string of the molecule is C[C@H](Oc1ccccc1F)C(=O)NNC(=O)c1ccc(Cl)cc1[N+](=O)[O-]. The number of nitrogens with one attached hydrogen (secondary N) is 2. The Balaban J connectivity index is 2.00. The van der Waals surface area contributed by atoms with Gasteiger partial charge in [0.05, 0.1) is 4.92 Å². The largest absolute Gasteiger partial charge is 0.478 e. The highest BCUT2D eigenvalue weighted by atomic mass is 35.5. The average Bonchev–Trinajstić information content (AvgIpc) is 2.61. The van der Waals surface area contributed by atoms with E-state index >= 15 is 0 Å². The molecule has 0 aromatic heterocycles. The molecule has 136 valence electrons. The third kappa shape index (κ3) is 4.67. The lowest BCUT2D eigenvalue weighted by molar-refractivity contribution is -0.385. The standard InChI is InChI=1S/C16H13ClFN3O5/c1-9(26-14-5-3-2-4-12(14)18)15(22)19-20-16(23)11-7-6-10(17)8-13(11)21(24)25/h2-9H,1H3,(H,19,22)(H,20,23)/t9-/m0/s1. The van der Waals surface area contributed by atoms with Crippen LogP contribution in [0.1, 0.15) is 17.3 Å². The maximum absolute atomic E-state index is 13.5. The fourth-order valence-corrected chi connectivity index (χ4v) is 2.09. The summed E-state index contributed by atoms with van der Waals surface area (Å²) in [6.07, 6.45) is -1.13. The maximum Gasteiger partial charge on any atom is 0.283 e. The number of carbonyl (C=O) groups excluding carboxylic acids is 2. The summed E-state index contributed by atoms with van der Waals surface area (Å²) in [4.78, 5) is 34.2. The molecular formula is C16H13ClFN3O5. The molecule has 0 saturated heterocycles. The van der Waals surface area contributed by atoms with Gasteiger partial charge in [-0.3, -0.25) is 30.6 Å². The normalized spacial score (nSPS) is 11.3. The van der Waals surface area contributed by atoms with Crippen LogP contribution in [0.5, 0.6) is 5.75 Å². The van der Waals surface area contributed by atoms with Gasteiger partial charge < -0.3 is 4.74 Å². The van der Waals surface area contributed by atoms with Crippen LogP contribution in [-0.4, -0.2) is 22.8 Å². The predicted octanol–water partition coefficient (Wildman–Crippen LogP) is 2.62. The van der Waals surface area contributed by atoms with E-state index in [2.05, 4.69) is 5.43 Å². The smallest absolute Gasteiger partial charge is 0.283 e. The minimum Gasteiger partial charge on any atom is -0.478 e. The van der Waals surface area contributed by atoms with Crippen LogP contribution in [0.25, 0.3) is 0 Å². The molecule has 0 bridgehead atoms. The fraction of sp³-hybridized carbons (Fsp3) is 0.125. The summed E-state index contributed by atoms with van der Waals surface area (Å²) in [5, 5.41) is 11.1. The second kappa shape index (κ2) is 8.26. The number of halogens is 2. The van der Waals surface area contributed by atoms with E-state index in [1.807, 2.05) is 5.43 Å². The van der Waals surface area contributed by atoms with E-state index in [4.69, 9.17) is 16.3 Å². The van der Waals surface area contributed by atoms with Crippen molar-refractivity contribution in [3.63, 3.8) is 0 Å². The van der Waals surface area contributed by atoms with E-state index < -0.39 is 34.3 Å². The van der Waals surface area contributed by atoms with Crippen molar-refractivity contribution in [3.8, 4) is 5.75 Å². The summed E-state index contributed by atoms with van der Waals surface area (Å²) in [7, 11) is 0. The van der Waals surface area contributed by atoms with Gasteiger partial charge in [0.25, 0.3) is 17.5 Å². The molecule has 1 atom stereocenters. The van der Waals surface area contributed by atoms with Crippen molar-refractivity contribution < 1.29 is 23.6 Å². The molecule has 2 aromatic carbocycles. The van der Waals surface area contributed by atoms with Crippen molar-refractivity contribution in [2.75, 3.05) is 0 Å². The molecule has 0 saturated carbocycles. The highest BCUT2D eigenvalue weighted by Crippen LogP contribution is 2.23. The number of amides is 2. The number of hydrogen-bond acceptors (Lipinski definition) is 5. The predicted molar refractivity (Wildman–Crippen MR) is 90.2 cm³/mol. The van der Waals surface area contributed by atoms with E-state index in [-0.39, 0.29) is 16.3 Å². The summed E-state index contributed by atoms with van der Waals surface area (Å²) in [5.74, 6) is -2.47. The first-order chi connectivity index (χ1) is 12.3. The minimum atomic E-state index is -1.13. The highest BCUT2D eigenvalue weighted by molar-refractivity contribution is 6.31. The Hall–Kier alpha value is -3.20. The van der Waals surface area contributed by atoms with Gasteiger partial charge in [0.2, 0.25) is 0 Å². The molecule has 0 radical (unpaired) electrons. The van der Waals surface area contributed by atoms with Crippen LogP contribution >= 0.6 is 11.6 Å². The van der Waals surface area contributed by atoms with Crippen LogP contribution in [0.4, 0.5) is 10.1 Å². The second-order valence-corrected chi connectivity index (χ2v) is 5.49. The molecule has 0 aliphatic carbocycles. The fourth-order valence-electron chi connectivity index (χ4n) is 1.92. The van der Waals surface area contributed by atoms with Gasteiger partial charge in [-0.2, -0.15) is 0 Å². The number of hydrazine groups is 1. The lowest BCUT2D eigenvalue weighted by Gasteiger charge is -2.15. The number of nitro benzene ring substituents is 1. The lowest BCUT2D eigenvalue weighted by atomic mass is 10.2. The molecule has 2 N–H and O–H groups in total. The number of rotatable bonds is 5. The van der Waals surface area contributed by atoms with Crippen molar-refractivity contribution in [2.24, 2.45) is 0 Å². The Kier molecular flexibility index (Phi) is 6.07. The molecule has 10 heteroatoms. The Morgan fingerprint density at radius 1 is 1.23 bits per heavy atom. The molecule has 0 fully saturated rings. The topological polar surface area (TPSA) is 111 Å². The molecule has 0 aliphatic heterocycles. The number of nitrogens with zero attached hydrogens (tertiary/aromatic N) is 1. The van der Waals surface area contributed by atoms with E-state index in [0.29, 0.717) is 0 Å². The Morgan fingerprint density at radius 3 is 2.58 bits per heavy atom. The average molecular weight is 382 g/mol. The maximum atomic E-state index is 13.5. The third-order valence-corrected chi connectivity index (χ3v) is 3.45. The number of para-hydroxylation sites is 1. The van der Waals surface area contributed by atoms with Crippen molar-refractivity contribution in [2.45, 2.75) is 13.0 Å². The van der Waals surface area contributed by atoms with Crippen LogP contribution in [0, 0.1) is 15.9 Å².